The molecule has 1 amide bonds. The highest BCUT2D eigenvalue weighted by Gasteiger charge is 2.40. The fourth-order valence-electron chi connectivity index (χ4n) is 6.02. The molecular formula is C34H32N2O4. The number of nitrogens with zero attached hydrogens (tertiary/aromatic N) is 2. The molecule has 0 saturated carbocycles. The van der Waals surface area contributed by atoms with Gasteiger partial charge in [0.1, 0.15) is 5.75 Å². The number of methoxy groups -OCH3 is 3. The zero-order chi connectivity index (χ0) is 27.8. The van der Waals surface area contributed by atoms with Crippen LogP contribution in [0.5, 0.6) is 17.2 Å². The number of aromatic nitrogens is 1. The number of amides is 1. The Labute approximate surface area is 234 Å². The summed E-state index contributed by atoms with van der Waals surface area (Å²) >= 11 is 0. The first kappa shape index (κ1) is 25.6. The van der Waals surface area contributed by atoms with Crippen molar-refractivity contribution >= 4 is 16.8 Å². The van der Waals surface area contributed by atoms with Crippen molar-refractivity contribution in [2.45, 2.75) is 12.5 Å². The molecule has 5 aromatic rings. The second-order valence-corrected chi connectivity index (χ2v) is 10.00. The Bertz CT molecular complexity index is 1720. The molecule has 0 aliphatic carbocycles. The van der Waals surface area contributed by atoms with Crippen LogP contribution in [0.4, 0.5) is 0 Å². The quantitative estimate of drug-likeness (QED) is 0.224. The number of hydrogen-bond donors (Lipinski definition) is 0. The Morgan fingerprint density at radius 2 is 1.55 bits per heavy atom. The number of hydrogen-bond acceptors (Lipinski definition) is 4. The molecule has 2 heterocycles. The van der Waals surface area contributed by atoms with E-state index in [4.69, 9.17) is 14.2 Å². The molecule has 6 nitrogen and oxygen atoms in total. The van der Waals surface area contributed by atoms with Crippen LogP contribution < -0.4 is 14.2 Å². The number of ether oxygens (including phenoxy) is 3. The Morgan fingerprint density at radius 1 is 0.775 bits per heavy atom. The van der Waals surface area contributed by atoms with Crippen LogP contribution in [0, 0.1) is 0 Å². The van der Waals surface area contributed by atoms with Gasteiger partial charge in [-0.15, -0.1) is 0 Å². The first-order chi connectivity index (χ1) is 19.5. The van der Waals surface area contributed by atoms with Crippen LogP contribution >= 0.6 is 0 Å². The summed E-state index contributed by atoms with van der Waals surface area (Å²) in [5, 5.41) is 1.13. The van der Waals surface area contributed by atoms with Crippen LogP contribution in [-0.2, 0) is 13.5 Å². The maximum Gasteiger partial charge on any atom is 0.255 e. The van der Waals surface area contributed by atoms with Gasteiger partial charge in [0.15, 0.2) is 11.5 Å². The van der Waals surface area contributed by atoms with E-state index in [0.29, 0.717) is 24.5 Å². The number of carbonyl (C=O) groups excluding carboxylic acids is 1. The van der Waals surface area contributed by atoms with E-state index in [1.165, 1.54) is 0 Å². The molecule has 1 aliphatic rings. The van der Waals surface area contributed by atoms with Crippen LogP contribution in [0.1, 0.15) is 33.1 Å². The van der Waals surface area contributed by atoms with Crippen molar-refractivity contribution in [1.82, 2.24) is 9.47 Å². The molecule has 0 saturated heterocycles. The van der Waals surface area contributed by atoms with Gasteiger partial charge in [-0.05, 0) is 53.9 Å². The van der Waals surface area contributed by atoms with E-state index in [1.54, 1.807) is 21.3 Å². The summed E-state index contributed by atoms with van der Waals surface area (Å²) in [4.78, 5) is 16.0. The second-order valence-electron chi connectivity index (χ2n) is 10.00. The molecule has 0 radical (unpaired) electrons. The summed E-state index contributed by atoms with van der Waals surface area (Å²) in [5.74, 6) is 2.21. The van der Waals surface area contributed by atoms with Gasteiger partial charge in [0.05, 0.1) is 33.1 Å². The van der Waals surface area contributed by atoms with E-state index in [9.17, 15) is 4.79 Å². The summed E-state index contributed by atoms with van der Waals surface area (Å²) in [6.07, 6.45) is 0.676. The van der Waals surface area contributed by atoms with E-state index < -0.39 is 0 Å². The van der Waals surface area contributed by atoms with Crippen LogP contribution in [0.3, 0.4) is 0 Å². The summed E-state index contributed by atoms with van der Waals surface area (Å²) < 4.78 is 18.8. The summed E-state index contributed by atoms with van der Waals surface area (Å²) in [7, 11) is 7.05. The first-order valence-corrected chi connectivity index (χ1v) is 13.4. The first-order valence-electron chi connectivity index (χ1n) is 13.4. The van der Waals surface area contributed by atoms with Crippen LogP contribution in [0.15, 0.2) is 91.0 Å². The molecule has 1 aromatic heterocycles. The lowest BCUT2D eigenvalue weighted by Gasteiger charge is -2.27. The Balaban J connectivity index is 1.50. The van der Waals surface area contributed by atoms with Crippen molar-refractivity contribution in [2.75, 3.05) is 27.9 Å². The Kier molecular flexibility index (Phi) is 6.68. The van der Waals surface area contributed by atoms with Gasteiger partial charge in [-0.2, -0.15) is 0 Å². The fraction of sp³-hybridized carbons (Fsp3) is 0.206. The summed E-state index contributed by atoms with van der Waals surface area (Å²) in [6.45, 7) is 0.550. The molecule has 1 atom stereocenters. The predicted octanol–water partition coefficient (Wildman–Crippen LogP) is 6.66. The van der Waals surface area contributed by atoms with Gasteiger partial charge >= 0.3 is 0 Å². The Hall–Kier alpha value is -4.71. The van der Waals surface area contributed by atoms with Gasteiger partial charge in [0, 0.05) is 41.2 Å². The molecular weight excluding hydrogens is 500 g/mol. The highest BCUT2D eigenvalue weighted by molar-refractivity contribution is 6.02. The van der Waals surface area contributed by atoms with E-state index in [0.717, 1.165) is 50.2 Å². The maximum atomic E-state index is 14.0. The standard InChI is InChI=1S/C34H32N2O4/c1-35-28-15-8-7-14-27(28)31(32(35)23-10-9-11-24(21-23)38-2)33-25-12-5-6-13-26(25)34(37)36(33)19-18-22-16-17-29(39-3)30(20-22)40-4/h5-17,20-21,33H,18-19H2,1-4H3/t33-/m0/s1. The average Bonchev–Trinajstić information content (AvgIpc) is 3.45. The third-order valence-electron chi connectivity index (χ3n) is 7.91. The fourth-order valence-corrected chi connectivity index (χ4v) is 6.02. The predicted molar refractivity (Wildman–Crippen MR) is 157 cm³/mol. The number of benzene rings is 4. The third-order valence-corrected chi connectivity index (χ3v) is 7.91. The van der Waals surface area contributed by atoms with Gasteiger partial charge in [0.2, 0.25) is 0 Å². The van der Waals surface area contributed by atoms with Crippen molar-refractivity contribution in [3.05, 3.63) is 113 Å². The molecule has 0 fully saturated rings. The lowest BCUT2D eigenvalue weighted by Crippen LogP contribution is -2.31. The minimum Gasteiger partial charge on any atom is -0.497 e. The molecule has 40 heavy (non-hydrogen) atoms. The molecule has 6 rings (SSSR count). The largest absolute Gasteiger partial charge is 0.497 e. The van der Waals surface area contributed by atoms with Crippen molar-refractivity contribution in [2.24, 2.45) is 7.05 Å². The molecule has 1 aliphatic heterocycles. The topological polar surface area (TPSA) is 52.9 Å². The lowest BCUT2D eigenvalue weighted by molar-refractivity contribution is 0.0753. The number of para-hydroxylation sites is 1. The second kappa shape index (κ2) is 10.5. The van der Waals surface area contributed by atoms with E-state index in [2.05, 4.69) is 54.1 Å². The Morgan fingerprint density at radius 3 is 2.35 bits per heavy atom. The number of carbonyl (C=O) groups is 1. The molecule has 0 unspecified atom stereocenters. The van der Waals surface area contributed by atoms with E-state index >= 15 is 0 Å². The van der Waals surface area contributed by atoms with Gasteiger partial charge in [0.25, 0.3) is 5.91 Å². The summed E-state index contributed by atoms with van der Waals surface area (Å²) in [6, 6.07) is 30.2. The maximum absolute atomic E-state index is 14.0. The van der Waals surface area contributed by atoms with E-state index in [-0.39, 0.29) is 11.9 Å². The number of rotatable bonds is 8. The zero-order valence-corrected chi connectivity index (χ0v) is 23.2. The molecule has 6 heteroatoms. The highest BCUT2D eigenvalue weighted by Crippen LogP contribution is 2.46. The molecule has 0 N–H and O–H groups in total. The van der Waals surface area contributed by atoms with Gasteiger partial charge < -0.3 is 23.7 Å². The average molecular weight is 533 g/mol. The molecule has 0 spiro atoms. The van der Waals surface area contributed by atoms with Crippen LogP contribution in [0.25, 0.3) is 22.2 Å². The molecule has 4 aromatic carbocycles. The third kappa shape index (κ3) is 4.16. The normalized spacial score (nSPS) is 14.4. The highest BCUT2D eigenvalue weighted by atomic mass is 16.5. The summed E-state index contributed by atoms with van der Waals surface area (Å²) in [5.41, 5.74) is 7.22. The smallest absolute Gasteiger partial charge is 0.255 e. The minimum atomic E-state index is -0.240. The lowest BCUT2D eigenvalue weighted by atomic mass is 9.93. The van der Waals surface area contributed by atoms with Gasteiger partial charge in [-0.25, -0.2) is 0 Å². The molecule has 202 valence electrons. The number of aryl methyl sites for hydroxylation is 1. The number of fused-ring (bicyclic) bond motifs is 2. The SMILES string of the molecule is COc1cccc(-c2c([C@@H]3c4ccccc4C(=O)N3CCc3ccc(OC)c(OC)c3)c3ccccc3n2C)c1. The van der Waals surface area contributed by atoms with Crippen molar-refractivity contribution in [3.63, 3.8) is 0 Å². The van der Waals surface area contributed by atoms with Crippen LogP contribution in [0.2, 0.25) is 0 Å². The van der Waals surface area contributed by atoms with E-state index in [1.807, 2.05) is 53.4 Å². The van der Waals surface area contributed by atoms with Crippen molar-refractivity contribution in [3.8, 4) is 28.5 Å². The minimum absolute atomic E-state index is 0.0469. The molecule has 0 bridgehead atoms. The van der Waals surface area contributed by atoms with Gasteiger partial charge in [-0.1, -0.05) is 54.6 Å². The van der Waals surface area contributed by atoms with Crippen molar-refractivity contribution < 1.29 is 19.0 Å². The van der Waals surface area contributed by atoms with Gasteiger partial charge in [-0.3, -0.25) is 4.79 Å². The van der Waals surface area contributed by atoms with Crippen LogP contribution in [-0.4, -0.2) is 43.2 Å². The monoisotopic (exact) mass is 532 g/mol. The zero-order valence-electron chi connectivity index (χ0n) is 23.2. The van der Waals surface area contributed by atoms with Crippen molar-refractivity contribution in [1.29, 1.82) is 0 Å².